The summed E-state index contributed by atoms with van der Waals surface area (Å²) in [5.41, 5.74) is 0. The first-order chi connectivity index (χ1) is 4.75. The van der Waals surface area contributed by atoms with Gasteiger partial charge in [-0.25, -0.2) is 0 Å². The van der Waals surface area contributed by atoms with Gasteiger partial charge in [-0.3, -0.25) is 9.59 Å². The van der Waals surface area contributed by atoms with Gasteiger partial charge in [-0.2, -0.15) is 0 Å². The molecule has 4 heteroatoms. The van der Waals surface area contributed by atoms with Crippen LogP contribution in [0.3, 0.4) is 0 Å². The molecule has 0 radical (unpaired) electrons. The average molecular weight is 170 g/mol. The van der Waals surface area contributed by atoms with E-state index in [0.29, 0.717) is 0 Å². The van der Waals surface area contributed by atoms with E-state index in [1.165, 1.54) is 12.2 Å². The quantitative estimate of drug-likeness (QED) is 0.548. The molecule has 0 atom stereocenters. The summed E-state index contributed by atoms with van der Waals surface area (Å²) < 4.78 is 0. The van der Waals surface area contributed by atoms with E-state index in [9.17, 15) is 9.59 Å². The minimum absolute atomic E-state index is 0.0289. The van der Waals surface area contributed by atoms with Gasteiger partial charge in [0.1, 0.15) is 0 Å². The highest BCUT2D eigenvalue weighted by Crippen LogP contribution is 2.44. The molecule has 0 unspecified atom stereocenters. The molecule has 0 amide bonds. The Morgan fingerprint density at radius 2 is 1.30 bits per heavy atom. The van der Waals surface area contributed by atoms with Crippen LogP contribution in [0.1, 0.15) is 0 Å². The summed E-state index contributed by atoms with van der Waals surface area (Å²) in [7, 11) is 0. The Morgan fingerprint density at radius 3 is 1.70 bits per heavy atom. The number of thioether (sulfide) groups is 2. The van der Waals surface area contributed by atoms with Crippen LogP contribution in [-0.4, -0.2) is 10.2 Å². The van der Waals surface area contributed by atoms with Gasteiger partial charge in [0, 0.05) is 22.0 Å². The molecule has 0 aliphatic carbocycles. The van der Waals surface area contributed by atoms with E-state index in [-0.39, 0.29) is 10.2 Å². The molecule has 2 heterocycles. The number of hydrogen-bond acceptors (Lipinski definition) is 4. The summed E-state index contributed by atoms with van der Waals surface area (Å²) in [6, 6.07) is 0. The molecule has 0 N–H and O–H groups in total. The van der Waals surface area contributed by atoms with E-state index in [4.69, 9.17) is 0 Å². The van der Waals surface area contributed by atoms with Crippen molar-refractivity contribution in [2.24, 2.45) is 0 Å². The largest absolute Gasteiger partial charge is 0.282 e. The summed E-state index contributed by atoms with van der Waals surface area (Å²) in [6.07, 6.45) is 3.01. The molecule has 10 heavy (non-hydrogen) atoms. The Hall–Kier alpha value is -0.480. The van der Waals surface area contributed by atoms with Crippen LogP contribution in [0.2, 0.25) is 0 Å². The van der Waals surface area contributed by atoms with E-state index >= 15 is 0 Å². The predicted molar refractivity (Wildman–Crippen MR) is 41.4 cm³/mol. The van der Waals surface area contributed by atoms with Crippen molar-refractivity contribution < 1.29 is 9.59 Å². The van der Waals surface area contributed by atoms with Crippen molar-refractivity contribution in [2.75, 3.05) is 0 Å². The summed E-state index contributed by atoms with van der Waals surface area (Å²) in [5.74, 6) is 0. The monoisotopic (exact) mass is 170 g/mol. The van der Waals surface area contributed by atoms with Gasteiger partial charge in [-0.05, 0) is 23.5 Å². The zero-order chi connectivity index (χ0) is 7.14. The van der Waals surface area contributed by atoms with Gasteiger partial charge in [0.25, 0.3) is 0 Å². The van der Waals surface area contributed by atoms with Crippen molar-refractivity contribution in [1.29, 1.82) is 0 Å². The van der Waals surface area contributed by atoms with Crippen molar-refractivity contribution >= 4 is 33.8 Å². The fourth-order valence-electron chi connectivity index (χ4n) is 0.792. The summed E-state index contributed by atoms with van der Waals surface area (Å²) in [4.78, 5) is 23.0. The second-order valence-corrected chi connectivity index (χ2v) is 3.95. The third-order valence-corrected chi connectivity index (χ3v) is 3.04. The molecule has 0 saturated heterocycles. The Balaban J connectivity index is 2.43. The smallest absolute Gasteiger partial charge is 0.218 e. The van der Waals surface area contributed by atoms with E-state index < -0.39 is 0 Å². The maximum atomic E-state index is 10.7. The second-order valence-electron chi connectivity index (χ2n) is 1.86. The molecule has 2 nitrogen and oxygen atoms in total. The van der Waals surface area contributed by atoms with Gasteiger partial charge in [0.15, 0.2) is 0 Å². The third kappa shape index (κ3) is 0.839. The predicted octanol–water partition coefficient (Wildman–Crippen LogP) is 1.30. The number of carbonyl (C=O) groups excluding carboxylic acids is 2. The van der Waals surface area contributed by atoms with Crippen LogP contribution < -0.4 is 0 Å². The molecule has 2 rings (SSSR count). The highest BCUT2D eigenvalue weighted by atomic mass is 32.2. The highest BCUT2D eigenvalue weighted by Gasteiger charge is 2.27. The van der Waals surface area contributed by atoms with Crippen LogP contribution in [0.4, 0.5) is 0 Å². The molecule has 0 aromatic rings. The third-order valence-electron chi connectivity index (χ3n) is 1.16. The van der Waals surface area contributed by atoms with E-state index in [0.717, 1.165) is 33.3 Å². The molecule has 0 spiro atoms. The minimum Gasteiger partial charge on any atom is -0.282 e. The zero-order valence-corrected chi connectivity index (χ0v) is 6.42. The lowest BCUT2D eigenvalue weighted by molar-refractivity contribution is -0.107. The lowest BCUT2D eigenvalue weighted by Crippen LogP contribution is -1.78. The summed E-state index contributed by atoms with van der Waals surface area (Å²) >= 11 is 2.26. The van der Waals surface area contributed by atoms with Gasteiger partial charge in [0.2, 0.25) is 10.2 Å². The molecule has 0 aromatic carbocycles. The number of rotatable bonds is 0. The standard InChI is InChI=1S/C6H2O2S2/c7-5-1-3-4(10-5)2-6(8)9-3/h1-2H. The Morgan fingerprint density at radius 1 is 0.900 bits per heavy atom. The first kappa shape index (κ1) is 6.24. The first-order valence-electron chi connectivity index (χ1n) is 2.63. The lowest BCUT2D eigenvalue weighted by atomic mass is 10.4. The maximum absolute atomic E-state index is 10.7. The van der Waals surface area contributed by atoms with E-state index in [1.807, 2.05) is 0 Å². The van der Waals surface area contributed by atoms with Gasteiger partial charge >= 0.3 is 0 Å². The molecule has 0 fully saturated rings. The zero-order valence-electron chi connectivity index (χ0n) is 4.79. The summed E-state index contributed by atoms with van der Waals surface area (Å²) in [6.45, 7) is 0. The van der Waals surface area contributed by atoms with E-state index in [2.05, 4.69) is 0 Å². The van der Waals surface area contributed by atoms with Crippen molar-refractivity contribution in [3.8, 4) is 0 Å². The van der Waals surface area contributed by atoms with Crippen LogP contribution >= 0.6 is 23.5 Å². The van der Waals surface area contributed by atoms with Gasteiger partial charge in [-0.1, -0.05) is 0 Å². The normalized spacial score (nSPS) is 22.8. The Kier molecular flexibility index (Phi) is 1.25. The SMILES string of the molecule is O=C1C=C2SC(=O)C=C2S1. The fraction of sp³-hybridized carbons (Fsp3) is 0. The second kappa shape index (κ2) is 2.00. The number of carbonyl (C=O) groups is 2. The van der Waals surface area contributed by atoms with Crippen LogP contribution in [0.5, 0.6) is 0 Å². The molecule has 0 saturated carbocycles. The number of hydrogen-bond donors (Lipinski definition) is 0. The first-order valence-corrected chi connectivity index (χ1v) is 4.26. The van der Waals surface area contributed by atoms with Crippen LogP contribution in [0.25, 0.3) is 0 Å². The maximum Gasteiger partial charge on any atom is 0.218 e. The Labute approximate surface area is 65.7 Å². The highest BCUT2D eigenvalue weighted by molar-refractivity contribution is 8.24. The van der Waals surface area contributed by atoms with Crippen molar-refractivity contribution in [3.05, 3.63) is 22.0 Å². The summed E-state index contributed by atoms with van der Waals surface area (Å²) in [5, 5.41) is 0.0579. The number of fused-ring (bicyclic) bond motifs is 1. The topological polar surface area (TPSA) is 34.1 Å². The van der Waals surface area contributed by atoms with Crippen LogP contribution in [0.15, 0.2) is 22.0 Å². The molecule has 2 aliphatic rings. The lowest BCUT2D eigenvalue weighted by Gasteiger charge is -1.84. The van der Waals surface area contributed by atoms with Crippen LogP contribution in [0, 0.1) is 0 Å². The molecular formula is C6H2O2S2. The molecular weight excluding hydrogens is 168 g/mol. The fourth-order valence-corrected chi connectivity index (χ4v) is 2.63. The molecule has 0 aromatic heterocycles. The van der Waals surface area contributed by atoms with Crippen LogP contribution in [-0.2, 0) is 9.59 Å². The molecule has 0 bridgehead atoms. The molecule has 2 aliphatic heterocycles. The van der Waals surface area contributed by atoms with Gasteiger partial charge in [0.05, 0.1) is 0 Å². The Bertz CT molecular complexity index is 258. The van der Waals surface area contributed by atoms with Gasteiger partial charge in [-0.15, -0.1) is 0 Å². The van der Waals surface area contributed by atoms with E-state index in [1.54, 1.807) is 0 Å². The van der Waals surface area contributed by atoms with Gasteiger partial charge < -0.3 is 0 Å². The average Bonchev–Trinajstić information content (AvgIpc) is 2.21. The van der Waals surface area contributed by atoms with Crippen molar-refractivity contribution in [1.82, 2.24) is 0 Å². The van der Waals surface area contributed by atoms with Crippen molar-refractivity contribution in [2.45, 2.75) is 0 Å². The van der Waals surface area contributed by atoms with Crippen molar-refractivity contribution in [3.63, 3.8) is 0 Å². The molecule has 50 valence electrons. The minimum atomic E-state index is 0.0289.